The third-order valence-electron chi connectivity index (χ3n) is 3.75. The molecule has 0 aliphatic carbocycles. The molecule has 136 valence electrons. The second-order valence-electron chi connectivity index (χ2n) is 5.51. The lowest BCUT2D eigenvalue weighted by atomic mass is 10.2. The molecule has 2 heterocycles. The zero-order chi connectivity index (χ0) is 18.6. The Hall–Kier alpha value is -2.42. The van der Waals surface area contributed by atoms with Crippen LogP contribution in [-0.4, -0.2) is 32.3 Å². The highest BCUT2D eigenvalue weighted by molar-refractivity contribution is 7.98. The Morgan fingerprint density at radius 3 is 2.63 bits per heavy atom. The molecule has 0 aliphatic heterocycles. The summed E-state index contributed by atoms with van der Waals surface area (Å²) >= 11 is 9.10. The fourth-order valence-electron chi connectivity index (χ4n) is 2.39. The van der Waals surface area contributed by atoms with Crippen molar-refractivity contribution in [2.24, 2.45) is 0 Å². The molecule has 0 amide bonds. The van der Waals surface area contributed by atoms with Crippen molar-refractivity contribution in [3.05, 3.63) is 64.6 Å². The van der Waals surface area contributed by atoms with E-state index >= 15 is 0 Å². The largest absolute Gasteiger partial charge is 0.497 e. The first-order chi connectivity index (χ1) is 13.2. The standard InChI is InChI=1S/C18H14ClN5OS2/c1-25-16-8-6-15(7-9-16)24-18(21-22-23-24)27-11-14-10-26-17(20-14)12-2-4-13(19)5-3-12/h2-10H,11H2,1H3. The Morgan fingerprint density at radius 2 is 1.89 bits per heavy atom. The van der Waals surface area contributed by atoms with Crippen molar-refractivity contribution < 1.29 is 4.74 Å². The number of thiazole rings is 1. The fourth-order valence-corrected chi connectivity index (χ4v) is 4.23. The van der Waals surface area contributed by atoms with E-state index < -0.39 is 0 Å². The van der Waals surface area contributed by atoms with Gasteiger partial charge in [-0.3, -0.25) is 0 Å². The molecule has 4 rings (SSSR count). The molecule has 0 saturated heterocycles. The number of nitrogens with zero attached hydrogens (tertiary/aromatic N) is 5. The first-order valence-electron chi connectivity index (χ1n) is 7.99. The first kappa shape index (κ1) is 18.0. The lowest BCUT2D eigenvalue weighted by Gasteiger charge is -2.05. The average Bonchev–Trinajstić information content (AvgIpc) is 3.36. The van der Waals surface area contributed by atoms with Gasteiger partial charge in [0.2, 0.25) is 5.16 Å². The maximum absolute atomic E-state index is 5.94. The number of rotatable bonds is 6. The zero-order valence-corrected chi connectivity index (χ0v) is 16.6. The minimum Gasteiger partial charge on any atom is -0.497 e. The quantitative estimate of drug-likeness (QED) is 0.424. The maximum Gasteiger partial charge on any atom is 0.214 e. The number of ether oxygens (including phenoxy) is 1. The van der Waals surface area contributed by atoms with E-state index in [9.17, 15) is 0 Å². The number of hydrogen-bond acceptors (Lipinski definition) is 7. The molecule has 0 atom stereocenters. The monoisotopic (exact) mass is 415 g/mol. The van der Waals surface area contributed by atoms with Gasteiger partial charge in [0.05, 0.1) is 18.5 Å². The van der Waals surface area contributed by atoms with Crippen LogP contribution in [0.3, 0.4) is 0 Å². The van der Waals surface area contributed by atoms with Gasteiger partial charge in [-0.15, -0.1) is 16.4 Å². The SMILES string of the molecule is COc1ccc(-n2nnnc2SCc2csc(-c3ccc(Cl)cc3)n2)cc1. The van der Waals surface area contributed by atoms with E-state index in [2.05, 4.69) is 20.9 Å². The van der Waals surface area contributed by atoms with Gasteiger partial charge >= 0.3 is 0 Å². The van der Waals surface area contributed by atoms with Gasteiger partial charge in [-0.1, -0.05) is 35.5 Å². The third-order valence-corrected chi connectivity index (χ3v) is 5.90. The van der Waals surface area contributed by atoms with Crippen molar-refractivity contribution in [2.75, 3.05) is 7.11 Å². The molecule has 2 aromatic carbocycles. The minimum atomic E-state index is 0.681. The number of tetrazole rings is 1. The Labute approximate surface area is 169 Å². The number of thioether (sulfide) groups is 1. The molecule has 0 unspecified atom stereocenters. The third kappa shape index (κ3) is 4.13. The van der Waals surface area contributed by atoms with Crippen molar-refractivity contribution >= 4 is 34.7 Å². The van der Waals surface area contributed by atoms with Crippen LogP contribution in [-0.2, 0) is 5.75 Å². The van der Waals surface area contributed by atoms with Gasteiger partial charge in [-0.2, -0.15) is 4.68 Å². The second-order valence-corrected chi connectivity index (χ2v) is 7.75. The van der Waals surface area contributed by atoms with Gasteiger partial charge in [-0.05, 0) is 46.8 Å². The molecule has 0 radical (unpaired) electrons. The van der Waals surface area contributed by atoms with E-state index in [1.54, 1.807) is 34.9 Å². The predicted octanol–water partition coefficient (Wildman–Crippen LogP) is 4.74. The summed E-state index contributed by atoms with van der Waals surface area (Å²) in [6.07, 6.45) is 0. The molecule has 0 bridgehead atoms. The number of halogens is 1. The Bertz CT molecular complexity index is 1030. The molecule has 0 fully saturated rings. The molecule has 6 nitrogen and oxygen atoms in total. The molecule has 9 heteroatoms. The number of hydrogen-bond donors (Lipinski definition) is 0. The van der Waals surface area contributed by atoms with Gasteiger partial charge in [0, 0.05) is 21.7 Å². The van der Waals surface area contributed by atoms with Crippen molar-refractivity contribution in [2.45, 2.75) is 10.9 Å². The summed E-state index contributed by atoms with van der Waals surface area (Å²) < 4.78 is 6.89. The van der Waals surface area contributed by atoms with Gasteiger partial charge < -0.3 is 4.74 Å². The highest BCUT2D eigenvalue weighted by atomic mass is 35.5. The topological polar surface area (TPSA) is 65.7 Å². The van der Waals surface area contributed by atoms with Crippen LogP contribution in [0.5, 0.6) is 5.75 Å². The summed E-state index contributed by atoms with van der Waals surface area (Å²) in [6.45, 7) is 0. The Kier molecular flexibility index (Phi) is 5.38. The van der Waals surface area contributed by atoms with Crippen molar-refractivity contribution in [3.63, 3.8) is 0 Å². The first-order valence-corrected chi connectivity index (χ1v) is 10.2. The van der Waals surface area contributed by atoms with Gasteiger partial charge in [0.1, 0.15) is 10.8 Å². The molecule has 0 saturated carbocycles. The molecule has 0 spiro atoms. The van der Waals surface area contributed by atoms with Crippen LogP contribution in [0.25, 0.3) is 16.3 Å². The van der Waals surface area contributed by atoms with E-state index in [1.165, 1.54) is 0 Å². The molecule has 0 aliphatic rings. The molecule has 2 aromatic heterocycles. The van der Waals surface area contributed by atoms with E-state index in [4.69, 9.17) is 21.3 Å². The van der Waals surface area contributed by atoms with Gasteiger partial charge in [0.25, 0.3) is 0 Å². The van der Waals surface area contributed by atoms with Crippen LogP contribution in [0, 0.1) is 0 Å². The number of methoxy groups -OCH3 is 1. The van der Waals surface area contributed by atoms with Crippen molar-refractivity contribution in [1.29, 1.82) is 0 Å². The van der Waals surface area contributed by atoms with Crippen LogP contribution in [0.2, 0.25) is 5.02 Å². The highest BCUT2D eigenvalue weighted by Crippen LogP contribution is 2.28. The summed E-state index contributed by atoms with van der Waals surface area (Å²) in [5, 5.41) is 16.4. The lowest BCUT2D eigenvalue weighted by molar-refractivity contribution is 0.414. The maximum atomic E-state index is 5.94. The summed E-state index contributed by atoms with van der Waals surface area (Å²) in [5.74, 6) is 1.47. The van der Waals surface area contributed by atoms with Crippen LogP contribution in [0.4, 0.5) is 0 Å². The minimum absolute atomic E-state index is 0.681. The van der Waals surface area contributed by atoms with Crippen LogP contribution < -0.4 is 4.74 Å². The van der Waals surface area contributed by atoms with Crippen LogP contribution in [0.15, 0.2) is 59.1 Å². The predicted molar refractivity (Wildman–Crippen MR) is 108 cm³/mol. The van der Waals surface area contributed by atoms with E-state index in [0.29, 0.717) is 10.9 Å². The fraction of sp³-hybridized carbons (Fsp3) is 0.111. The van der Waals surface area contributed by atoms with Crippen LogP contribution in [0.1, 0.15) is 5.69 Å². The molecule has 0 N–H and O–H groups in total. The molecular formula is C18H14ClN5OS2. The Morgan fingerprint density at radius 1 is 1.11 bits per heavy atom. The highest BCUT2D eigenvalue weighted by Gasteiger charge is 2.11. The Balaban J connectivity index is 1.47. The molecule has 4 aromatic rings. The van der Waals surface area contributed by atoms with E-state index in [-0.39, 0.29) is 0 Å². The summed E-state index contributed by atoms with van der Waals surface area (Å²) in [6, 6.07) is 15.3. The van der Waals surface area contributed by atoms with E-state index in [1.807, 2.05) is 48.5 Å². The summed E-state index contributed by atoms with van der Waals surface area (Å²) in [4.78, 5) is 4.69. The lowest BCUT2D eigenvalue weighted by Crippen LogP contribution is -1.99. The summed E-state index contributed by atoms with van der Waals surface area (Å²) in [5.41, 5.74) is 2.92. The number of benzene rings is 2. The summed E-state index contributed by atoms with van der Waals surface area (Å²) in [7, 11) is 1.64. The molecular weight excluding hydrogens is 402 g/mol. The number of aromatic nitrogens is 5. The van der Waals surface area contributed by atoms with Gasteiger partial charge in [0.15, 0.2) is 0 Å². The zero-order valence-electron chi connectivity index (χ0n) is 14.2. The average molecular weight is 416 g/mol. The van der Waals surface area contributed by atoms with Gasteiger partial charge in [-0.25, -0.2) is 4.98 Å². The second kappa shape index (κ2) is 8.08. The van der Waals surface area contributed by atoms with Crippen molar-refractivity contribution in [1.82, 2.24) is 25.2 Å². The van der Waals surface area contributed by atoms with E-state index in [0.717, 1.165) is 32.7 Å². The normalized spacial score (nSPS) is 10.9. The van der Waals surface area contributed by atoms with Crippen molar-refractivity contribution in [3.8, 4) is 22.0 Å². The van der Waals surface area contributed by atoms with Crippen LogP contribution >= 0.6 is 34.7 Å². The smallest absolute Gasteiger partial charge is 0.214 e. The molecule has 27 heavy (non-hydrogen) atoms.